The molecule has 0 unspecified atom stereocenters. The molecule has 1 aliphatic rings. The average Bonchev–Trinajstić information content (AvgIpc) is 2.69. The van der Waals surface area contributed by atoms with Crippen LogP contribution in [0.1, 0.15) is 11.1 Å². The van der Waals surface area contributed by atoms with Crippen LogP contribution in [0.5, 0.6) is 0 Å². The molecule has 1 N–H and O–H groups in total. The number of fused-ring (bicyclic) bond motifs is 1. The number of halogens is 2. The van der Waals surface area contributed by atoms with Crippen LogP contribution >= 0.6 is 15.9 Å². The minimum atomic E-state index is -0.353. The van der Waals surface area contributed by atoms with Crippen molar-refractivity contribution >= 4 is 39.2 Å². The van der Waals surface area contributed by atoms with Crippen molar-refractivity contribution in [3.8, 4) is 0 Å². The summed E-state index contributed by atoms with van der Waals surface area (Å²) in [5.41, 5.74) is 2.59. The molecule has 1 aliphatic heterocycles. The lowest BCUT2D eigenvalue weighted by molar-refractivity contribution is -0.110. The fraction of sp³-hybridized carbons (Fsp3) is 0. The largest absolute Gasteiger partial charge is 0.321 e. The maximum Gasteiger partial charge on any atom is 0.256 e. The van der Waals surface area contributed by atoms with Gasteiger partial charge in [0.1, 0.15) is 5.82 Å². The Morgan fingerprint density at radius 3 is 2.74 bits per heavy atom. The number of hydrogen-bond acceptors (Lipinski definition) is 1. The number of benzene rings is 2. The molecule has 19 heavy (non-hydrogen) atoms. The van der Waals surface area contributed by atoms with E-state index < -0.39 is 0 Å². The number of carbonyl (C=O) groups is 1. The van der Waals surface area contributed by atoms with Crippen LogP contribution in [0.4, 0.5) is 10.1 Å². The number of anilines is 1. The highest BCUT2D eigenvalue weighted by molar-refractivity contribution is 9.10. The van der Waals surface area contributed by atoms with E-state index in [1.807, 2.05) is 24.3 Å². The van der Waals surface area contributed by atoms with Crippen molar-refractivity contribution in [1.82, 2.24) is 0 Å². The lowest BCUT2D eigenvalue weighted by atomic mass is 10.0. The summed E-state index contributed by atoms with van der Waals surface area (Å²) in [4.78, 5) is 11.9. The first-order valence-electron chi connectivity index (χ1n) is 5.72. The smallest absolute Gasteiger partial charge is 0.256 e. The molecule has 2 aromatic carbocycles. The zero-order chi connectivity index (χ0) is 13.4. The van der Waals surface area contributed by atoms with Crippen molar-refractivity contribution in [3.63, 3.8) is 0 Å². The molecule has 4 heteroatoms. The maximum atomic E-state index is 13.3. The number of hydrogen-bond donors (Lipinski definition) is 1. The predicted octanol–water partition coefficient (Wildman–Crippen LogP) is 4.08. The topological polar surface area (TPSA) is 29.1 Å². The van der Waals surface area contributed by atoms with Crippen LogP contribution in [0.2, 0.25) is 0 Å². The Labute approximate surface area is 118 Å². The van der Waals surface area contributed by atoms with Crippen LogP contribution in [0, 0.1) is 5.82 Å². The van der Waals surface area contributed by atoms with Crippen LogP contribution < -0.4 is 5.32 Å². The summed E-state index contributed by atoms with van der Waals surface area (Å²) in [6.07, 6.45) is 1.75. The Hall–Kier alpha value is -1.94. The van der Waals surface area contributed by atoms with Gasteiger partial charge in [-0.15, -0.1) is 0 Å². The molecule has 0 bridgehead atoms. The van der Waals surface area contributed by atoms with Gasteiger partial charge in [-0.05, 0) is 35.9 Å². The van der Waals surface area contributed by atoms with E-state index in [1.165, 1.54) is 12.1 Å². The van der Waals surface area contributed by atoms with E-state index in [2.05, 4.69) is 21.2 Å². The first kappa shape index (κ1) is 12.1. The molecule has 0 saturated carbocycles. The molecule has 0 aromatic heterocycles. The van der Waals surface area contributed by atoms with Crippen LogP contribution in [0.15, 0.2) is 46.9 Å². The molecular weight excluding hydrogens is 309 g/mol. The quantitative estimate of drug-likeness (QED) is 0.789. The fourth-order valence-electron chi connectivity index (χ4n) is 2.05. The van der Waals surface area contributed by atoms with Crippen molar-refractivity contribution in [2.75, 3.05) is 5.32 Å². The highest BCUT2D eigenvalue weighted by atomic mass is 79.9. The molecule has 1 heterocycles. The Morgan fingerprint density at radius 1 is 1.16 bits per heavy atom. The van der Waals surface area contributed by atoms with Gasteiger partial charge in [0.05, 0.1) is 0 Å². The number of rotatable bonds is 1. The van der Waals surface area contributed by atoms with Crippen LogP contribution in [-0.4, -0.2) is 5.91 Å². The summed E-state index contributed by atoms with van der Waals surface area (Å²) >= 11 is 3.43. The standard InChI is InChI=1S/C15H9BrFNO/c16-13-4-2-1-3-9(13)7-12-11-8-10(17)5-6-14(11)18-15(12)19/h1-8H,(H,18,19)/b12-7+. The van der Waals surface area contributed by atoms with Gasteiger partial charge in [0.25, 0.3) is 5.91 Å². The molecule has 0 fully saturated rings. The Kier molecular flexibility index (Phi) is 2.95. The predicted molar refractivity (Wildman–Crippen MR) is 77.0 cm³/mol. The average molecular weight is 318 g/mol. The van der Waals surface area contributed by atoms with E-state index in [-0.39, 0.29) is 11.7 Å². The Bertz CT molecular complexity index is 709. The van der Waals surface area contributed by atoms with E-state index in [4.69, 9.17) is 0 Å². The van der Waals surface area contributed by atoms with Crippen molar-refractivity contribution < 1.29 is 9.18 Å². The van der Waals surface area contributed by atoms with Gasteiger partial charge in [0.2, 0.25) is 0 Å². The first-order valence-corrected chi connectivity index (χ1v) is 6.52. The zero-order valence-electron chi connectivity index (χ0n) is 9.78. The summed E-state index contributed by atoms with van der Waals surface area (Å²) in [5, 5.41) is 2.73. The molecule has 0 aliphatic carbocycles. The number of amides is 1. The molecule has 3 rings (SSSR count). The third-order valence-electron chi connectivity index (χ3n) is 2.97. The van der Waals surface area contributed by atoms with Crippen molar-refractivity contribution in [2.45, 2.75) is 0 Å². The SMILES string of the molecule is O=C1Nc2ccc(F)cc2/C1=C\c1ccccc1Br. The van der Waals surface area contributed by atoms with E-state index in [9.17, 15) is 9.18 Å². The number of carbonyl (C=O) groups excluding carboxylic acids is 1. The maximum absolute atomic E-state index is 13.3. The van der Waals surface area contributed by atoms with Gasteiger partial charge in [-0.3, -0.25) is 4.79 Å². The van der Waals surface area contributed by atoms with E-state index in [0.29, 0.717) is 16.8 Å². The van der Waals surface area contributed by atoms with Gasteiger partial charge in [0, 0.05) is 21.3 Å². The summed E-state index contributed by atoms with van der Waals surface area (Å²) in [7, 11) is 0. The van der Waals surface area contributed by atoms with E-state index in [0.717, 1.165) is 10.0 Å². The molecule has 1 amide bonds. The van der Waals surface area contributed by atoms with Gasteiger partial charge in [0.15, 0.2) is 0 Å². The van der Waals surface area contributed by atoms with Gasteiger partial charge in [-0.25, -0.2) is 4.39 Å². The summed E-state index contributed by atoms with van der Waals surface area (Å²) < 4.78 is 14.2. The molecule has 2 nitrogen and oxygen atoms in total. The molecular formula is C15H9BrFNO. The minimum Gasteiger partial charge on any atom is -0.321 e. The first-order chi connectivity index (χ1) is 9.15. The summed E-state index contributed by atoms with van der Waals surface area (Å²) in [6.45, 7) is 0. The molecule has 0 radical (unpaired) electrons. The van der Waals surface area contributed by atoms with Gasteiger partial charge in [-0.2, -0.15) is 0 Å². The van der Waals surface area contributed by atoms with Gasteiger partial charge < -0.3 is 5.32 Å². The third-order valence-corrected chi connectivity index (χ3v) is 3.69. The highest BCUT2D eigenvalue weighted by Crippen LogP contribution is 2.34. The molecule has 0 atom stereocenters. The second-order valence-corrected chi connectivity index (χ2v) is 5.08. The molecule has 2 aromatic rings. The lowest BCUT2D eigenvalue weighted by Gasteiger charge is -2.01. The van der Waals surface area contributed by atoms with Crippen LogP contribution in [0.25, 0.3) is 11.6 Å². The van der Waals surface area contributed by atoms with Gasteiger partial charge >= 0.3 is 0 Å². The molecule has 94 valence electrons. The van der Waals surface area contributed by atoms with E-state index in [1.54, 1.807) is 12.1 Å². The van der Waals surface area contributed by atoms with Gasteiger partial charge in [-0.1, -0.05) is 34.1 Å². The summed E-state index contributed by atoms with van der Waals surface area (Å²) in [5.74, 6) is -0.565. The van der Waals surface area contributed by atoms with Crippen LogP contribution in [0.3, 0.4) is 0 Å². The van der Waals surface area contributed by atoms with E-state index >= 15 is 0 Å². The molecule has 0 saturated heterocycles. The van der Waals surface area contributed by atoms with Crippen LogP contribution in [-0.2, 0) is 4.79 Å². The van der Waals surface area contributed by atoms with Crippen molar-refractivity contribution in [1.29, 1.82) is 0 Å². The normalized spacial score (nSPS) is 15.5. The monoisotopic (exact) mass is 317 g/mol. The summed E-state index contributed by atoms with van der Waals surface area (Å²) in [6, 6.07) is 11.8. The Balaban J connectivity index is 2.14. The fourth-order valence-corrected chi connectivity index (χ4v) is 2.45. The van der Waals surface area contributed by atoms with Crippen molar-refractivity contribution in [2.24, 2.45) is 0 Å². The minimum absolute atomic E-state index is 0.212. The Morgan fingerprint density at radius 2 is 1.95 bits per heavy atom. The second kappa shape index (κ2) is 4.63. The highest BCUT2D eigenvalue weighted by Gasteiger charge is 2.24. The number of nitrogens with one attached hydrogen (secondary N) is 1. The molecule has 0 spiro atoms. The van der Waals surface area contributed by atoms with Crippen molar-refractivity contribution in [3.05, 3.63) is 63.9 Å². The third kappa shape index (κ3) is 2.19. The lowest BCUT2D eigenvalue weighted by Crippen LogP contribution is -2.03. The second-order valence-electron chi connectivity index (χ2n) is 4.22. The zero-order valence-corrected chi connectivity index (χ0v) is 11.4.